The molecule has 0 radical (unpaired) electrons. The van der Waals surface area contributed by atoms with Gasteiger partial charge in [0.05, 0.1) is 4.90 Å². The molecule has 1 fully saturated rings. The maximum Gasteiger partial charge on any atom is 0.240 e. The lowest BCUT2D eigenvalue weighted by Crippen LogP contribution is -2.27. The fourth-order valence-electron chi connectivity index (χ4n) is 2.41. The second kappa shape index (κ2) is 5.30. The van der Waals surface area contributed by atoms with Crippen molar-refractivity contribution < 1.29 is 8.42 Å². The fourth-order valence-corrected chi connectivity index (χ4v) is 4.11. The highest BCUT2D eigenvalue weighted by Crippen LogP contribution is 2.51. The van der Waals surface area contributed by atoms with Gasteiger partial charge in [-0.2, -0.15) is 0 Å². The highest BCUT2D eigenvalue weighted by Gasteiger charge is 2.45. The van der Waals surface area contributed by atoms with Crippen LogP contribution in [-0.2, 0) is 16.6 Å². The van der Waals surface area contributed by atoms with Crippen molar-refractivity contribution in [1.29, 1.82) is 0 Å². The molecule has 1 aromatic carbocycles. The molecule has 1 saturated carbocycles. The molecule has 0 spiro atoms. The van der Waals surface area contributed by atoms with E-state index >= 15 is 0 Å². The monoisotopic (exact) mass is 316 g/mol. The Balaban J connectivity index is 2.23. The number of nitrogens with two attached hydrogens (primary N) is 1. The van der Waals surface area contributed by atoms with Crippen LogP contribution in [-0.4, -0.2) is 15.0 Å². The summed E-state index contributed by atoms with van der Waals surface area (Å²) in [6.45, 7) is 6.78. The second-order valence-corrected chi connectivity index (χ2v) is 8.31. The molecule has 0 saturated heterocycles. The van der Waals surface area contributed by atoms with E-state index in [1.54, 1.807) is 13.0 Å². The van der Waals surface area contributed by atoms with Gasteiger partial charge in [-0.25, -0.2) is 13.1 Å². The number of hydrogen-bond acceptors (Lipinski definition) is 3. The molecular weight excluding hydrogens is 296 g/mol. The summed E-state index contributed by atoms with van der Waals surface area (Å²) in [7, 11) is -3.54. The van der Waals surface area contributed by atoms with Gasteiger partial charge in [-0.3, -0.25) is 0 Å². The molecule has 4 nitrogen and oxygen atoms in total. The molecule has 1 atom stereocenters. The van der Waals surface area contributed by atoms with Crippen LogP contribution in [0.2, 0.25) is 5.02 Å². The highest BCUT2D eigenvalue weighted by molar-refractivity contribution is 7.89. The van der Waals surface area contributed by atoms with Crippen molar-refractivity contribution in [2.45, 2.75) is 38.6 Å². The molecule has 1 aromatic rings. The lowest BCUT2D eigenvalue weighted by Gasteiger charge is -2.13. The third kappa shape index (κ3) is 3.17. The first kappa shape index (κ1) is 15.8. The minimum atomic E-state index is -3.54. The molecule has 6 heteroatoms. The van der Waals surface area contributed by atoms with Gasteiger partial charge in [0.25, 0.3) is 0 Å². The fraction of sp³-hybridized carbons (Fsp3) is 0.571. The van der Waals surface area contributed by atoms with Gasteiger partial charge < -0.3 is 5.73 Å². The number of nitrogens with one attached hydrogen (secondary N) is 1. The largest absolute Gasteiger partial charge is 0.326 e. The summed E-state index contributed by atoms with van der Waals surface area (Å²) in [5, 5.41) is 0.392. The molecule has 1 aliphatic rings. The molecule has 3 N–H and O–H groups in total. The maximum absolute atomic E-state index is 12.4. The molecule has 0 bridgehead atoms. The van der Waals surface area contributed by atoms with Gasteiger partial charge in [0.1, 0.15) is 0 Å². The molecule has 2 rings (SSSR count). The Morgan fingerprint density at radius 3 is 2.55 bits per heavy atom. The topological polar surface area (TPSA) is 72.2 Å². The molecular formula is C14H21ClN2O2S. The Hall–Kier alpha value is -0.620. The van der Waals surface area contributed by atoms with Crippen LogP contribution >= 0.6 is 11.6 Å². The normalized spacial score (nSPS) is 20.9. The predicted molar refractivity (Wildman–Crippen MR) is 81.2 cm³/mol. The summed E-state index contributed by atoms with van der Waals surface area (Å²) in [6, 6.07) is 3.19. The van der Waals surface area contributed by atoms with Crippen molar-refractivity contribution in [3.63, 3.8) is 0 Å². The van der Waals surface area contributed by atoms with Crippen LogP contribution in [0.5, 0.6) is 0 Å². The summed E-state index contributed by atoms with van der Waals surface area (Å²) < 4.78 is 27.5. The summed E-state index contributed by atoms with van der Waals surface area (Å²) in [4.78, 5) is 0.226. The molecule has 112 valence electrons. The van der Waals surface area contributed by atoms with E-state index in [-0.39, 0.29) is 16.9 Å². The minimum absolute atomic E-state index is 0.226. The standard InChI is InChI=1S/C14H21ClN2O2S/c1-9-10(7-16)4-12(15)5-13(9)20(18,19)17-8-11-6-14(11,2)3/h4-5,11,17H,6-8,16H2,1-3H3. The lowest BCUT2D eigenvalue weighted by molar-refractivity contribution is 0.537. The smallest absolute Gasteiger partial charge is 0.240 e. The first-order chi connectivity index (χ1) is 9.17. The van der Waals surface area contributed by atoms with Crippen molar-refractivity contribution >= 4 is 21.6 Å². The Labute approximate surface area is 125 Å². The van der Waals surface area contributed by atoms with E-state index in [1.165, 1.54) is 6.07 Å². The van der Waals surface area contributed by atoms with Crippen molar-refractivity contribution in [3.05, 3.63) is 28.3 Å². The van der Waals surface area contributed by atoms with Crippen LogP contribution in [0.15, 0.2) is 17.0 Å². The van der Waals surface area contributed by atoms with Crippen LogP contribution in [0.1, 0.15) is 31.4 Å². The molecule has 0 aliphatic heterocycles. The van der Waals surface area contributed by atoms with Gasteiger partial charge in [0.15, 0.2) is 0 Å². The number of rotatable bonds is 5. The van der Waals surface area contributed by atoms with Crippen LogP contribution in [0, 0.1) is 18.3 Å². The number of halogens is 1. The molecule has 1 aliphatic carbocycles. The first-order valence-corrected chi connectivity index (χ1v) is 8.52. The lowest BCUT2D eigenvalue weighted by atomic mass is 10.1. The van der Waals surface area contributed by atoms with Crippen molar-refractivity contribution in [1.82, 2.24) is 4.72 Å². The molecule has 0 heterocycles. The van der Waals surface area contributed by atoms with E-state index in [1.807, 2.05) is 0 Å². The van der Waals surface area contributed by atoms with Gasteiger partial charge in [-0.1, -0.05) is 25.4 Å². The Kier molecular flexibility index (Phi) is 4.17. The Morgan fingerprint density at radius 1 is 1.45 bits per heavy atom. The van der Waals surface area contributed by atoms with E-state index in [2.05, 4.69) is 18.6 Å². The van der Waals surface area contributed by atoms with Gasteiger partial charge in [0, 0.05) is 18.1 Å². The zero-order chi connectivity index (χ0) is 15.1. The van der Waals surface area contributed by atoms with Crippen LogP contribution < -0.4 is 10.5 Å². The average Bonchev–Trinajstić information content (AvgIpc) is 2.97. The van der Waals surface area contributed by atoms with E-state index in [0.717, 1.165) is 12.0 Å². The Morgan fingerprint density at radius 2 is 2.05 bits per heavy atom. The zero-order valence-electron chi connectivity index (χ0n) is 12.0. The third-order valence-electron chi connectivity index (χ3n) is 4.18. The number of hydrogen-bond donors (Lipinski definition) is 2. The van der Waals surface area contributed by atoms with Gasteiger partial charge in [-0.05, 0) is 47.9 Å². The van der Waals surface area contributed by atoms with Crippen LogP contribution in [0.3, 0.4) is 0 Å². The SMILES string of the molecule is Cc1c(CN)cc(Cl)cc1S(=O)(=O)NCC1CC1(C)C. The quantitative estimate of drug-likeness (QED) is 0.876. The number of sulfonamides is 1. The third-order valence-corrected chi connectivity index (χ3v) is 5.95. The molecule has 0 amide bonds. The number of benzene rings is 1. The second-order valence-electron chi connectivity index (χ2n) is 6.13. The zero-order valence-corrected chi connectivity index (χ0v) is 13.6. The highest BCUT2D eigenvalue weighted by atomic mass is 35.5. The maximum atomic E-state index is 12.4. The van der Waals surface area contributed by atoms with E-state index in [0.29, 0.717) is 23.0 Å². The van der Waals surface area contributed by atoms with Crippen molar-refractivity contribution in [3.8, 4) is 0 Å². The van der Waals surface area contributed by atoms with E-state index in [9.17, 15) is 8.42 Å². The van der Waals surface area contributed by atoms with Crippen molar-refractivity contribution in [2.24, 2.45) is 17.1 Å². The van der Waals surface area contributed by atoms with E-state index in [4.69, 9.17) is 17.3 Å². The summed E-state index contributed by atoms with van der Waals surface area (Å²) in [6.07, 6.45) is 1.05. The van der Waals surface area contributed by atoms with Gasteiger partial charge in [0.2, 0.25) is 10.0 Å². The van der Waals surface area contributed by atoms with Crippen LogP contribution in [0.4, 0.5) is 0 Å². The predicted octanol–water partition coefficient (Wildman–Crippen LogP) is 2.43. The summed E-state index contributed by atoms with van der Waals surface area (Å²) >= 11 is 5.98. The first-order valence-electron chi connectivity index (χ1n) is 6.66. The molecule has 0 aromatic heterocycles. The summed E-state index contributed by atoms with van der Waals surface area (Å²) in [5.41, 5.74) is 7.29. The van der Waals surface area contributed by atoms with Gasteiger partial charge in [-0.15, -0.1) is 0 Å². The minimum Gasteiger partial charge on any atom is -0.326 e. The van der Waals surface area contributed by atoms with Crippen molar-refractivity contribution in [2.75, 3.05) is 6.54 Å². The molecule has 20 heavy (non-hydrogen) atoms. The molecule has 1 unspecified atom stereocenters. The van der Waals surface area contributed by atoms with E-state index < -0.39 is 10.0 Å². The Bertz CT molecular complexity index is 626. The van der Waals surface area contributed by atoms with Gasteiger partial charge >= 0.3 is 0 Å². The average molecular weight is 317 g/mol. The summed E-state index contributed by atoms with van der Waals surface area (Å²) in [5.74, 6) is 0.408. The van der Waals surface area contributed by atoms with Crippen LogP contribution in [0.25, 0.3) is 0 Å².